The minimum atomic E-state index is -4.87. The summed E-state index contributed by atoms with van der Waals surface area (Å²) in [5, 5.41) is 0. The van der Waals surface area contributed by atoms with E-state index in [4.69, 9.17) is 0 Å². The summed E-state index contributed by atoms with van der Waals surface area (Å²) in [7, 11) is -4.13. The third-order valence-corrected chi connectivity index (χ3v) is 4.16. The van der Waals surface area contributed by atoms with E-state index in [1.807, 2.05) is 10.3 Å². The van der Waals surface area contributed by atoms with Gasteiger partial charge in [0, 0.05) is 0 Å². The molecule has 0 saturated carbocycles. The number of benzene rings is 2. The summed E-state index contributed by atoms with van der Waals surface area (Å²) in [6, 6.07) is 12.2. The van der Waals surface area contributed by atoms with Crippen molar-refractivity contribution in [3.05, 3.63) is 60.2 Å². The van der Waals surface area contributed by atoms with Crippen LogP contribution in [0.4, 0.5) is 13.2 Å². The van der Waals surface area contributed by atoms with Crippen molar-refractivity contribution < 1.29 is 31.1 Å². The molecule has 0 atom stereocenters. The Balaban J connectivity index is 1.95. The summed E-state index contributed by atoms with van der Waals surface area (Å²) in [5.74, 6) is -1.15. The van der Waals surface area contributed by atoms with Gasteiger partial charge >= 0.3 is 6.36 Å². The third kappa shape index (κ3) is 6.08. The lowest BCUT2D eigenvalue weighted by molar-refractivity contribution is -0.274. The molecule has 0 heterocycles. The number of hydrogen-bond donors (Lipinski definition) is 2. The fraction of sp³-hybridized carbons (Fsp3) is 0.133. The number of carbonyl (C=O) groups excluding carboxylic acids is 1. The van der Waals surface area contributed by atoms with Gasteiger partial charge in [0.2, 0.25) is 5.91 Å². The quantitative estimate of drug-likeness (QED) is 0.759. The van der Waals surface area contributed by atoms with Crippen LogP contribution in [0.5, 0.6) is 5.75 Å². The number of alkyl halides is 3. The highest BCUT2D eigenvalue weighted by molar-refractivity contribution is 7.89. The zero-order valence-corrected chi connectivity index (χ0v) is 13.4. The number of hydrazine groups is 1. The average Bonchev–Trinajstić information content (AvgIpc) is 2.53. The molecule has 0 aliphatic carbocycles. The minimum absolute atomic E-state index is 0.0400. The van der Waals surface area contributed by atoms with Crippen molar-refractivity contribution in [1.29, 1.82) is 0 Å². The second-order valence-corrected chi connectivity index (χ2v) is 6.52. The highest BCUT2D eigenvalue weighted by Gasteiger charge is 2.31. The molecule has 0 bridgehead atoms. The monoisotopic (exact) mass is 374 g/mol. The first-order chi connectivity index (χ1) is 11.7. The number of amides is 1. The highest BCUT2D eigenvalue weighted by Crippen LogP contribution is 2.23. The van der Waals surface area contributed by atoms with Gasteiger partial charge in [-0.3, -0.25) is 10.2 Å². The number of hydrogen-bond acceptors (Lipinski definition) is 4. The standard InChI is InChI=1S/C15H13F3N2O4S/c16-15(17,18)24-12-6-8-13(9-7-12)25(22,23)20-19-14(21)10-11-4-2-1-3-5-11/h1-9,20H,10H2,(H,19,21). The molecule has 10 heteroatoms. The molecule has 6 nitrogen and oxygen atoms in total. The van der Waals surface area contributed by atoms with E-state index in [2.05, 4.69) is 4.74 Å². The molecule has 0 aliphatic rings. The molecule has 1 amide bonds. The maximum atomic E-state index is 12.1. The second kappa shape index (κ2) is 7.53. The Morgan fingerprint density at radius 2 is 1.60 bits per heavy atom. The molecule has 134 valence electrons. The molecule has 0 radical (unpaired) electrons. The predicted octanol–water partition coefficient (Wildman–Crippen LogP) is 2.14. The van der Waals surface area contributed by atoms with Crippen LogP contribution in [0, 0.1) is 0 Å². The third-order valence-electron chi connectivity index (χ3n) is 2.90. The number of halogens is 3. The lowest BCUT2D eigenvalue weighted by Crippen LogP contribution is -2.42. The predicted molar refractivity (Wildman–Crippen MR) is 81.7 cm³/mol. The second-order valence-electron chi connectivity index (χ2n) is 4.84. The Hall–Kier alpha value is -2.59. The molecule has 2 aromatic rings. The molecule has 0 aliphatic heterocycles. The van der Waals surface area contributed by atoms with E-state index in [1.165, 1.54) is 0 Å². The molecule has 2 rings (SSSR count). The van der Waals surface area contributed by atoms with Crippen LogP contribution < -0.4 is 15.0 Å². The van der Waals surface area contributed by atoms with Gasteiger partial charge in [-0.25, -0.2) is 8.42 Å². The van der Waals surface area contributed by atoms with Gasteiger partial charge in [-0.2, -0.15) is 0 Å². The van der Waals surface area contributed by atoms with Gasteiger partial charge in [0.05, 0.1) is 11.3 Å². The zero-order valence-electron chi connectivity index (χ0n) is 12.6. The van der Waals surface area contributed by atoms with E-state index in [-0.39, 0.29) is 11.3 Å². The van der Waals surface area contributed by atoms with Crippen LogP contribution in [0.2, 0.25) is 0 Å². The molecule has 2 N–H and O–H groups in total. The number of rotatable bonds is 6. The van der Waals surface area contributed by atoms with Gasteiger partial charge in [-0.15, -0.1) is 18.0 Å². The molecular formula is C15H13F3N2O4S. The van der Waals surface area contributed by atoms with Crippen LogP contribution in [0.3, 0.4) is 0 Å². The SMILES string of the molecule is O=C(Cc1ccccc1)NNS(=O)(=O)c1ccc(OC(F)(F)F)cc1. The van der Waals surface area contributed by atoms with E-state index in [9.17, 15) is 26.4 Å². The number of ether oxygens (including phenoxy) is 1. The molecule has 0 unspecified atom stereocenters. The van der Waals surface area contributed by atoms with Crippen LogP contribution in [0.25, 0.3) is 0 Å². The normalized spacial score (nSPS) is 11.8. The first-order valence-corrected chi connectivity index (χ1v) is 8.34. The summed E-state index contributed by atoms with van der Waals surface area (Å²) in [5.41, 5.74) is 2.72. The Morgan fingerprint density at radius 1 is 1.00 bits per heavy atom. The van der Waals surface area contributed by atoms with E-state index in [1.54, 1.807) is 30.3 Å². The fourth-order valence-corrected chi connectivity index (χ4v) is 2.69. The van der Waals surface area contributed by atoms with Gasteiger partial charge in [-0.05, 0) is 29.8 Å². The Bertz CT molecular complexity index is 822. The maximum absolute atomic E-state index is 12.1. The molecule has 0 spiro atoms. The van der Waals surface area contributed by atoms with Crippen LogP contribution >= 0.6 is 0 Å². The van der Waals surface area contributed by atoms with Crippen LogP contribution in [0.15, 0.2) is 59.5 Å². The van der Waals surface area contributed by atoms with Crippen molar-refractivity contribution in [3.63, 3.8) is 0 Å². The first kappa shape index (κ1) is 18.7. The van der Waals surface area contributed by atoms with Crippen molar-refractivity contribution >= 4 is 15.9 Å². The molecule has 0 fully saturated rings. The minimum Gasteiger partial charge on any atom is -0.406 e. The smallest absolute Gasteiger partial charge is 0.406 e. The van der Waals surface area contributed by atoms with Gasteiger partial charge in [0.15, 0.2) is 0 Å². The average molecular weight is 374 g/mol. The maximum Gasteiger partial charge on any atom is 0.573 e. The largest absolute Gasteiger partial charge is 0.573 e. The molecule has 0 aromatic heterocycles. The number of nitrogens with one attached hydrogen (secondary N) is 2. The Morgan fingerprint density at radius 3 is 2.16 bits per heavy atom. The Kier molecular flexibility index (Phi) is 5.65. The Labute approximate surface area is 141 Å². The number of sulfonamides is 1. The highest BCUT2D eigenvalue weighted by atomic mass is 32.2. The van der Waals surface area contributed by atoms with E-state index < -0.39 is 28.0 Å². The molecular weight excluding hydrogens is 361 g/mol. The summed E-state index contributed by atoms with van der Waals surface area (Å²) in [4.78, 5) is 13.3. The fourth-order valence-electron chi connectivity index (χ4n) is 1.83. The lowest BCUT2D eigenvalue weighted by atomic mass is 10.1. The summed E-state index contributed by atoms with van der Waals surface area (Å²) >= 11 is 0. The summed E-state index contributed by atoms with van der Waals surface area (Å²) in [6.07, 6.45) is -4.91. The van der Waals surface area contributed by atoms with Gasteiger partial charge in [0.1, 0.15) is 5.75 Å². The van der Waals surface area contributed by atoms with Crippen LogP contribution in [-0.2, 0) is 21.2 Å². The first-order valence-electron chi connectivity index (χ1n) is 6.86. The van der Waals surface area contributed by atoms with E-state index in [0.29, 0.717) is 5.56 Å². The zero-order chi connectivity index (χ0) is 18.5. The summed E-state index contributed by atoms with van der Waals surface area (Å²) in [6.45, 7) is 0. The van der Waals surface area contributed by atoms with Crippen molar-refractivity contribution in [1.82, 2.24) is 10.3 Å². The molecule has 2 aromatic carbocycles. The van der Waals surface area contributed by atoms with Crippen molar-refractivity contribution in [3.8, 4) is 5.75 Å². The van der Waals surface area contributed by atoms with E-state index >= 15 is 0 Å². The van der Waals surface area contributed by atoms with Crippen molar-refractivity contribution in [2.75, 3.05) is 0 Å². The van der Waals surface area contributed by atoms with Gasteiger partial charge in [0.25, 0.3) is 10.0 Å². The van der Waals surface area contributed by atoms with Crippen molar-refractivity contribution in [2.24, 2.45) is 0 Å². The van der Waals surface area contributed by atoms with E-state index in [0.717, 1.165) is 24.3 Å². The van der Waals surface area contributed by atoms with Gasteiger partial charge < -0.3 is 4.74 Å². The lowest BCUT2D eigenvalue weighted by Gasteiger charge is -2.11. The van der Waals surface area contributed by atoms with Crippen molar-refractivity contribution in [2.45, 2.75) is 17.7 Å². The topological polar surface area (TPSA) is 84.5 Å². The van der Waals surface area contributed by atoms with Gasteiger partial charge in [-0.1, -0.05) is 30.3 Å². The summed E-state index contributed by atoms with van der Waals surface area (Å²) < 4.78 is 63.8. The van der Waals surface area contributed by atoms with Crippen LogP contribution in [-0.4, -0.2) is 20.7 Å². The molecule has 0 saturated heterocycles. The molecule has 25 heavy (non-hydrogen) atoms. The number of carbonyl (C=O) groups is 1. The van der Waals surface area contributed by atoms with Crippen LogP contribution in [0.1, 0.15) is 5.56 Å².